The van der Waals surface area contributed by atoms with Gasteiger partial charge in [-0.25, -0.2) is 0 Å². The molecule has 0 bridgehead atoms. The van der Waals surface area contributed by atoms with E-state index in [1.807, 2.05) is 0 Å². The molecule has 1 aliphatic rings. The lowest BCUT2D eigenvalue weighted by atomic mass is 9.79. The van der Waals surface area contributed by atoms with Crippen molar-refractivity contribution >= 4 is 46.4 Å². The molecule has 0 atom stereocenters. The Kier molecular flexibility index (Phi) is 6.86. The highest BCUT2D eigenvalue weighted by Gasteiger charge is 2.26. The van der Waals surface area contributed by atoms with Crippen LogP contribution in [0.15, 0.2) is 12.1 Å². The normalized spacial score (nSPS) is 21.6. The molecule has 1 amide bonds. The second-order valence-electron chi connectivity index (χ2n) is 6.09. The number of hydrogen-bond donors (Lipinski definition) is 1. The number of rotatable bonds is 5. The van der Waals surface area contributed by atoms with E-state index in [2.05, 4.69) is 12.2 Å². The molecule has 1 N–H and O–H groups in total. The Balaban J connectivity index is 1.91. The topological polar surface area (TPSA) is 29.1 Å². The van der Waals surface area contributed by atoms with Crippen molar-refractivity contribution in [2.45, 2.75) is 51.9 Å². The molecule has 2 rings (SSSR count). The molecular weight excluding hydrogens is 341 g/mol. The summed E-state index contributed by atoms with van der Waals surface area (Å²) in [5.74, 6) is 0.854. The van der Waals surface area contributed by atoms with E-state index >= 15 is 0 Å². The SMILES string of the molecule is CCCCC1CCC(C(=O)Nc2c(Cl)cc(Cl)cc2Cl)CC1. The van der Waals surface area contributed by atoms with Crippen LogP contribution in [0.3, 0.4) is 0 Å². The lowest BCUT2D eigenvalue weighted by Crippen LogP contribution is -2.27. The van der Waals surface area contributed by atoms with Gasteiger partial charge in [-0.2, -0.15) is 0 Å². The summed E-state index contributed by atoms with van der Waals surface area (Å²) in [5, 5.41) is 4.09. The molecule has 0 saturated heterocycles. The quantitative estimate of drug-likeness (QED) is 0.629. The standard InChI is InChI=1S/C17H22Cl3NO/c1-2-3-4-11-5-7-12(8-6-11)17(22)21-16-14(19)9-13(18)10-15(16)20/h9-12H,2-8H2,1H3,(H,21,22). The summed E-state index contributed by atoms with van der Waals surface area (Å²) >= 11 is 18.1. The maximum absolute atomic E-state index is 12.4. The number of carbonyl (C=O) groups excluding carboxylic acids is 1. The van der Waals surface area contributed by atoms with Crippen LogP contribution in [0.1, 0.15) is 51.9 Å². The summed E-state index contributed by atoms with van der Waals surface area (Å²) in [7, 11) is 0. The highest BCUT2D eigenvalue weighted by Crippen LogP contribution is 2.36. The molecule has 0 spiro atoms. The van der Waals surface area contributed by atoms with Crippen LogP contribution in [0.25, 0.3) is 0 Å². The van der Waals surface area contributed by atoms with Gasteiger partial charge in [0.15, 0.2) is 0 Å². The smallest absolute Gasteiger partial charge is 0.227 e. The molecule has 22 heavy (non-hydrogen) atoms. The summed E-state index contributed by atoms with van der Waals surface area (Å²) in [6, 6.07) is 3.18. The van der Waals surface area contributed by atoms with Gasteiger partial charge in [-0.1, -0.05) is 61.0 Å². The molecular formula is C17H22Cl3NO. The Bertz CT molecular complexity index is 502. The van der Waals surface area contributed by atoms with Gasteiger partial charge in [0, 0.05) is 10.9 Å². The van der Waals surface area contributed by atoms with Gasteiger partial charge in [0.25, 0.3) is 0 Å². The zero-order valence-corrected chi connectivity index (χ0v) is 15.1. The van der Waals surface area contributed by atoms with Gasteiger partial charge >= 0.3 is 0 Å². The summed E-state index contributed by atoms with van der Waals surface area (Å²) in [6.07, 6.45) is 8.00. The van der Waals surface area contributed by atoms with E-state index in [1.165, 1.54) is 19.3 Å². The first-order chi connectivity index (χ1) is 10.5. The van der Waals surface area contributed by atoms with Gasteiger partial charge in [0.1, 0.15) is 0 Å². The first-order valence-electron chi connectivity index (χ1n) is 7.96. The average molecular weight is 363 g/mol. The van der Waals surface area contributed by atoms with Crippen LogP contribution in [-0.4, -0.2) is 5.91 Å². The van der Waals surface area contributed by atoms with Crippen LogP contribution >= 0.6 is 34.8 Å². The van der Waals surface area contributed by atoms with E-state index in [0.29, 0.717) is 20.8 Å². The molecule has 0 unspecified atom stereocenters. The molecule has 1 fully saturated rings. The molecule has 1 saturated carbocycles. The van der Waals surface area contributed by atoms with Gasteiger partial charge in [0.2, 0.25) is 5.91 Å². The van der Waals surface area contributed by atoms with E-state index in [4.69, 9.17) is 34.8 Å². The van der Waals surface area contributed by atoms with Crippen molar-refractivity contribution in [3.8, 4) is 0 Å². The van der Waals surface area contributed by atoms with Crippen molar-refractivity contribution in [1.82, 2.24) is 0 Å². The van der Waals surface area contributed by atoms with E-state index in [1.54, 1.807) is 12.1 Å². The Morgan fingerprint density at radius 1 is 1.14 bits per heavy atom. The second kappa shape index (κ2) is 8.42. The van der Waals surface area contributed by atoms with Crippen LogP contribution in [0, 0.1) is 11.8 Å². The zero-order chi connectivity index (χ0) is 16.1. The van der Waals surface area contributed by atoms with E-state index in [-0.39, 0.29) is 11.8 Å². The molecule has 0 aromatic heterocycles. The number of unbranched alkanes of at least 4 members (excludes halogenated alkanes) is 1. The van der Waals surface area contributed by atoms with Crippen molar-refractivity contribution < 1.29 is 4.79 Å². The molecule has 1 aliphatic carbocycles. The number of amides is 1. The van der Waals surface area contributed by atoms with Crippen molar-refractivity contribution in [2.75, 3.05) is 5.32 Å². The molecule has 0 aliphatic heterocycles. The van der Waals surface area contributed by atoms with Crippen LogP contribution in [-0.2, 0) is 4.79 Å². The predicted octanol–water partition coefficient (Wildman–Crippen LogP) is 6.58. The zero-order valence-electron chi connectivity index (χ0n) is 12.8. The third-order valence-corrected chi connectivity index (χ3v) is 5.25. The highest BCUT2D eigenvalue weighted by atomic mass is 35.5. The molecule has 1 aromatic rings. The fraction of sp³-hybridized carbons (Fsp3) is 0.588. The summed E-state index contributed by atoms with van der Waals surface area (Å²) < 4.78 is 0. The van der Waals surface area contributed by atoms with Gasteiger partial charge in [-0.3, -0.25) is 4.79 Å². The molecule has 2 nitrogen and oxygen atoms in total. The summed E-state index contributed by atoms with van der Waals surface area (Å²) in [5.41, 5.74) is 0.464. The third kappa shape index (κ3) is 4.78. The first kappa shape index (κ1) is 17.9. The highest BCUT2D eigenvalue weighted by molar-refractivity contribution is 6.42. The minimum atomic E-state index is 0.0139. The molecule has 0 heterocycles. The van der Waals surface area contributed by atoms with E-state index in [0.717, 1.165) is 31.6 Å². The minimum absolute atomic E-state index is 0.0139. The number of halogens is 3. The summed E-state index contributed by atoms with van der Waals surface area (Å²) in [4.78, 5) is 12.4. The fourth-order valence-electron chi connectivity index (χ4n) is 3.09. The number of anilines is 1. The van der Waals surface area contributed by atoms with Crippen molar-refractivity contribution in [3.63, 3.8) is 0 Å². The Hall–Kier alpha value is -0.440. The van der Waals surface area contributed by atoms with Gasteiger partial charge in [0.05, 0.1) is 15.7 Å². The monoisotopic (exact) mass is 361 g/mol. The van der Waals surface area contributed by atoms with Gasteiger partial charge < -0.3 is 5.32 Å². The Morgan fingerprint density at radius 3 is 2.27 bits per heavy atom. The average Bonchev–Trinajstić information content (AvgIpc) is 2.49. The Morgan fingerprint density at radius 2 is 1.73 bits per heavy atom. The second-order valence-corrected chi connectivity index (χ2v) is 7.34. The van der Waals surface area contributed by atoms with Crippen LogP contribution in [0.4, 0.5) is 5.69 Å². The molecule has 1 aromatic carbocycles. The largest absolute Gasteiger partial charge is 0.323 e. The van der Waals surface area contributed by atoms with Gasteiger partial charge in [-0.05, 0) is 43.7 Å². The number of benzene rings is 1. The first-order valence-corrected chi connectivity index (χ1v) is 9.10. The van der Waals surface area contributed by atoms with Crippen LogP contribution < -0.4 is 5.32 Å². The predicted molar refractivity (Wildman–Crippen MR) is 95.1 cm³/mol. The number of carbonyl (C=O) groups is 1. The fourth-order valence-corrected chi connectivity index (χ4v) is 4.00. The van der Waals surface area contributed by atoms with Crippen molar-refractivity contribution in [2.24, 2.45) is 11.8 Å². The van der Waals surface area contributed by atoms with Crippen molar-refractivity contribution in [3.05, 3.63) is 27.2 Å². The van der Waals surface area contributed by atoms with Gasteiger partial charge in [-0.15, -0.1) is 0 Å². The minimum Gasteiger partial charge on any atom is -0.323 e. The lowest BCUT2D eigenvalue weighted by molar-refractivity contribution is -0.121. The molecule has 5 heteroatoms. The van der Waals surface area contributed by atoms with E-state index < -0.39 is 0 Å². The summed E-state index contributed by atoms with van der Waals surface area (Å²) in [6.45, 7) is 2.22. The Labute approximate surface area is 147 Å². The molecule has 122 valence electrons. The number of hydrogen-bond acceptors (Lipinski definition) is 1. The van der Waals surface area contributed by atoms with Crippen LogP contribution in [0.5, 0.6) is 0 Å². The lowest BCUT2D eigenvalue weighted by Gasteiger charge is -2.28. The third-order valence-electron chi connectivity index (χ3n) is 4.44. The maximum Gasteiger partial charge on any atom is 0.227 e. The van der Waals surface area contributed by atoms with Crippen LogP contribution in [0.2, 0.25) is 15.1 Å². The van der Waals surface area contributed by atoms with Crippen molar-refractivity contribution in [1.29, 1.82) is 0 Å². The maximum atomic E-state index is 12.4. The van der Waals surface area contributed by atoms with E-state index in [9.17, 15) is 4.79 Å². The number of nitrogens with one attached hydrogen (secondary N) is 1. The molecule has 0 radical (unpaired) electrons.